The normalized spacial score (nSPS) is 21.8. The number of hydrogen-bond donors (Lipinski definition) is 2. The van der Waals surface area contributed by atoms with Gasteiger partial charge in [0.05, 0.1) is 6.10 Å². The minimum atomic E-state index is -0.229. The van der Waals surface area contributed by atoms with Crippen LogP contribution in [0.5, 0.6) is 0 Å². The van der Waals surface area contributed by atoms with Gasteiger partial charge in [-0.05, 0) is 39.5 Å². The van der Waals surface area contributed by atoms with Crippen LogP contribution < -0.4 is 5.32 Å². The van der Waals surface area contributed by atoms with Gasteiger partial charge in [-0.2, -0.15) is 0 Å². The summed E-state index contributed by atoms with van der Waals surface area (Å²) in [6.45, 7) is 6.96. The number of β-amino-alcohol motifs (C(OH)–C–C–N with tert-alkyl or cyclic N) is 1. The topological polar surface area (TPSA) is 32.3 Å². The summed E-state index contributed by atoms with van der Waals surface area (Å²) in [5.41, 5.74) is 0.233. The summed E-state index contributed by atoms with van der Waals surface area (Å²) < 4.78 is 0. The summed E-state index contributed by atoms with van der Waals surface area (Å²) in [7, 11) is 0. The number of nitrogens with one attached hydrogen (secondary N) is 1. The molecule has 0 aromatic rings. The molecule has 0 aromatic heterocycles. The third-order valence-corrected chi connectivity index (χ3v) is 2.45. The maximum atomic E-state index is 9.06. The molecule has 2 nitrogen and oxygen atoms in total. The Labute approximate surface area is 69.0 Å². The summed E-state index contributed by atoms with van der Waals surface area (Å²) in [5.74, 6) is 0.834. The van der Waals surface area contributed by atoms with E-state index in [0.717, 1.165) is 5.92 Å². The molecule has 0 saturated heterocycles. The monoisotopic (exact) mass is 157 g/mol. The minimum Gasteiger partial charge on any atom is -0.392 e. The van der Waals surface area contributed by atoms with Gasteiger partial charge in [-0.15, -0.1) is 0 Å². The predicted octanol–water partition coefficient (Wildman–Crippen LogP) is 1.15. The van der Waals surface area contributed by atoms with Gasteiger partial charge in [0.1, 0.15) is 0 Å². The van der Waals surface area contributed by atoms with Crippen molar-refractivity contribution in [3.8, 4) is 0 Å². The van der Waals surface area contributed by atoms with E-state index in [1.807, 2.05) is 6.92 Å². The first-order valence-electron chi connectivity index (χ1n) is 4.45. The Morgan fingerprint density at radius 2 is 2.09 bits per heavy atom. The van der Waals surface area contributed by atoms with Gasteiger partial charge in [0.2, 0.25) is 0 Å². The van der Waals surface area contributed by atoms with Crippen LogP contribution in [0, 0.1) is 5.92 Å². The lowest BCUT2D eigenvalue weighted by Crippen LogP contribution is -2.44. The van der Waals surface area contributed by atoms with Gasteiger partial charge >= 0.3 is 0 Å². The molecule has 0 spiro atoms. The van der Waals surface area contributed by atoms with Gasteiger partial charge in [-0.25, -0.2) is 0 Å². The Morgan fingerprint density at radius 3 is 2.45 bits per heavy atom. The van der Waals surface area contributed by atoms with E-state index in [2.05, 4.69) is 19.2 Å². The number of rotatable bonds is 4. The Bertz CT molecular complexity index is 128. The molecular weight excluding hydrogens is 138 g/mol. The standard InChI is InChI=1S/C9H19NO/c1-7(11)6-10-9(2,3)8-4-5-8/h7-8,10-11H,4-6H2,1-3H3/t7-/m1/s1. The van der Waals surface area contributed by atoms with Crippen molar-refractivity contribution >= 4 is 0 Å². The molecule has 1 rings (SSSR count). The Hall–Kier alpha value is -0.0800. The molecule has 0 heterocycles. The lowest BCUT2D eigenvalue weighted by Gasteiger charge is -2.26. The van der Waals surface area contributed by atoms with Gasteiger partial charge in [-0.3, -0.25) is 0 Å². The molecule has 66 valence electrons. The quantitative estimate of drug-likeness (QED) is 0.641. The van der Waals surface area contributed by atoms with E-state index in [1.165, 1.54) is 12.8 Å². The van der Waals surface area contributed by atoms with Crippen LogP contribution >= 0.6 is 0 Å². The predicted molar refractivity (Wildman–Crippen MR) is 46.5 cm³/mol. The zero-order valence-corrected chi connectivity index (χ0v) is 7.72. The van der Waals surface area contributed by atoms with Crippen molar-refractivity contribution in [2.24, 2.45) is 5.92 Å². The van der Waals surface area contributed by atoms with Gasteiger partial charge < -0.3 is 10.4 Å². The molecule has 0 bridgehead atoms. The number of hydrogen-bond acceptors (Lipinski definition) is 2. The minimum absolute atomic E-state index is 0.229. The highest BCUT2D eigenvalue weighted by Gasteiger charge is 2.37. The highest BCUT2D eigenvalue weighted by molar-refractivity contribution is 4.94. The van der Waals surface area contributed by atoms with Gasteiger partial charge in [0, 0.05) is 12.1 Å². The summed E-state index contributed by atoms with van der Waals surface area (Å²) in [5, 5.41) is 12.4. The summed E-state index contributed by atoms with van der Waals surface area (Å²) in [6.07, 6.45) is 2.47. The first-order chi connectivity index (χ1) is 5.02. The molecule has 0 unspecified atom stereocenters. The average molecular weight is 157 g/mol. The second-order valence-corrected chi connectivity index (χ2v) is 4.23. The van der Waals surface area contributed by atoms with Crippen LogP contribution in [-0.4, -0.2) is 23.3 Å². The summed E-state index contributed by atoms with van der Waals surface area (Å²) >= 11 is 0. The molecule has 0 amide bonds. The zero-order valence-electron chi connectivity index (χ0n) is 7.72. The van der Waals surface area contributed by atoms with Gasteiger partial charge in [-0.1, -0.05) is 0 Å². The van der Waals surface area contributed by atoms with Crippen molar-refractivity contribution in [3.05, 3.63) is 0 Å². The van der Waals surface area contributed by atoms with Crippen molar-refractivity contribution in [2.75, 3.05) is 6.54 Å². The first-order valence-corrected chi connectivity index (χ1v) is 4.45. The Kier molecular flexibility index (Phi) is 2.55. The van der Waals surface area contributed by atoms with Crippen molar-refractivity contribution < 1.29 is 5.11 Å². The smallest absolute Gasteiger partial charge is 0.0636 e. The molecule has 1 aliphatic rings. The maximum Gasteiger partial charge on any atom is 0.0636 e. The summed E-state index contributed by atoms with van der Waals surface area (Å²) in [6, 6.07) is 0. The van der Waals surface area contributed by atoms with Crippen LogP contribution in [0.15, 0.2) is 0 Å². The second kappa shape index (κ2) is 3.11. The molecule has 0 radical (unpaired) electrons. The lowest BCUT2D eigenvalue weighted by molar-refractivity contribution is 0.172. The van der Waals surface area contributed by atoms with Crippen LogP contribution in [0.25, 0.3) is 0 Å². The fraction of sp³-hybridized carbons (Fsp3) is 1.00. The fourth-order valence-corrected chi connectivity index (χ4v) is 1.36. The maximum absolute atomic E-state index is 9.06. The fourth-order valence-electron chi connectivity index (χ4n) is 1.36. The summed E-state index contributed by atoms with van der Waals surface area (Å²) in [4.78, 5) is 0. The molecule has 1 fully saturated rings. The molecular formula is C9H19NO. The first kappa shape index (κ1) is 9.01. The van der Waals surface area contributed by atoms with E-state index in [1.54, 1.807) is 0 Å². The zero-order chi connectivity index (χ0) is 8.48. The van der Waals surface area contributed by atoms with Gasteiger partial charge in [0.25, 0.3) is 0 Å². The van der Waals surface area contributed by atoms with Crippen LogP contribution in [0.2, 0.25) is 0 Å². The van der Waals surface area contributed by atoms with Gasteiger partial charge in [0.15, 0.2) is 0 Å². The largest absolute Gasteiger partial charge is 0.392 e. The number of aliphatic hydroxyl groups is 1. The second-order valence-electron chi connectivity index (χ2n) is 4.23. The van der Waals surface area contributed by atoms with Crippen molar-refractivity contribution in [3.63, 3.8) is 0 Å². The average Bonchev–Trinajstić information content (AvgIpc) is 2.64. The highest BCUT2D eigenvalue weighted by Crippen LogP contribution is 2.38. The van der Waals surface area contributed by atoms with Crippen LogP contribution in [0.4, 0.5) is 0 Å². The third-order valence-electron chi connectivity index (χ3n) is 2.45. The Balaban J connectivity index is 2.22. The van der Waals surface area contributed by atoms with E-state index in [-0.39, 0.29) is 11.6 Å². The van der Waals surface area contributed by atoms with Crippen LogP contribution in [0.3, 0.4) is 0 Å². The molecule has 0 aliphatic heterocycles. The van der Waals surface area contributed by atoms with Crippen LogP contribution in [0.1, 0.15) is 33.6 Å². The van der Waals surface area contributed by atoms with E-state index >= 15 is 0 Å². The van der Waals surface area contributed by atoms with E-state index in [4.69, 9.17) is 5.11 Å². The molecule has 2 N–H and O–H groups in total. The van der Waals surface area contributed by atoms with Crippen molar-refractivity contribution in [1.29, 1.82) is 0 Å². The molecule has 0 aromatic carbocycles. The molecule has 1 atom stereocenters. The SMILES string of the molecule is C[C@@H](O)CNC(C)(C)C1CC1. The van der Waals surface area contributed by atoms with Crippen LogP contribution in [-0.2, 0) is 0 Å². The highest BCUT2D eigenvalue weighted by atomic mass is 16.3. The van der Waals surface area contributed by atoms with E-state index in [0.29, 0.717) is 6.54 Å². The molecule has 1 saturated carbocycles. The van der Waals surface area contributed by atoms with E-state index in [9.17, 15) is 0 Å². The lowest BCUT2D eigenvalue weighted by atomic mass is 9.99. The third kappa shape index (κ3) is 2.80. The van der Waals surface area contributed by atoms with Crippen molar-refractivity contribution in [2.45, 2.75) is 45.3 Å². The number of aliphatic hydroxyl groups excluding tert-OH is 1. The molecule has 2 heteroatoms. The molecule has 1 aliphatic carbocycles. The van der Waals surface area contributed by atoms with E-state index < -0.39 is 0 Å². The van der Waals surface area contributed by atoms with Crippen molar-refractivity contribution in [1.82, 2.24) is 5.32 Å². The Morgan fingerprint density at radius 1 is 1.55 bits per heavy atom. The molecule has 11 heavy (non-hydrogen) atoms.